The van der Waals surface area contributed by atoms with Crippen LogP contribution in [-0.4, -0.2) is 13.6 Å². The normalized spacial score (nSPS) is 16.6. The van der Waals surface area contributed by atoms with Crippen molar-refractivity contribution in [3.8, 4) is 0 Å². The van der Waals surface area contributed by atoms with Crippen molar-refractivity contribution < 1.29 is 0 Å². The summed E-state index contributed by atoms with van der Waals surface area (Å²) >= 11 is 0. The first kappa shape index (κ1) is 12.4. The van der Waals surface area contributed by atoms with Crippen LogP contribution in [-0.2, 0) is 0 Å². The predicted molar refractivity (Wildman–Crippen MR) is 75.2 cm³/mol. The van der Waals surface area contributed by atoms with Gasteiger partial charge in [0.25, 0.3) is 0 Å². The molecule has 92 valence electrons. The highest BCUT2D eigenvalue weighted by atomic mass is 14.8. The van der Waals surface area contributed by atoms with Crippen LogP contribution in [0.4, 0.5) is 0 Å². The van der Waals surface area contributed by atoms with Crippen molar-refractivity contribution in [2.45, 2.75) is 32.6 Å². The third kappa shape index (κ3) is 3.44. The van der Waals surface area contributed by atoms with Gasteiger partial charge in [-0.25, -0.2) is 0 Å². The second-order valence-electron chi connectivity index (χ2n) is 5.35. The van der Waals surface area contributed by atoms with E-state index in [4.69, 9.17) is 0 Å². The molecule has 0 heterocycles. The summed E-state index contributed by atoms with van der Waals surface area (Å²) in [5.74, 6) is 1.46. The van der Waals surface area contributed by atoms with Gasteiger partial charge in [-0.1, -0.05) is 49.8 Å². The van der Waals surface area contributed by atoms with Gasteiger partial charge in [-0.05, 0) is 42.9 Å². The van der Waals surface area contributed by atoms with E-state index in [0.717, 1.165) is 12.5 Å². The van der Waals surface area contributed by atoms with E-state index in [2.05, 4.69) is 49.5 Å². The maximum atomic E-state index is 3.24. The Kier molecular flexibility index (Phi) is 4.01. The van der Waals surface area contributed by atoms with Crippen LogP contribution in [0.3, 0.4) is 0 Å². The minimum Gasteiger partial charge on any atom is -0.316 e. The van der Waals surface area contributed by atoms with Crippen molar-refractivity contribution in [1.82, 2.24) is 5.32 Å². The Hall–Kier alpha value is -1.08. The molecule has 1 N–H and O–H groups in total. The van der Waals surface area contributed by atoms with Crippen molar-refractivity contribution in [3.05, 3.63) is 41.0 Å². The third-order valence-electron chi connectivity index (χ3n) is 3.46. The molecule has 2 rings (SSSR count). The summed E-state index contributed by atoms with van der Waals surface area (Å²) in [6.45, 7) is 5.48. The molecule has 0 spiro atoms. The van der Waals surface area contributed by atoms with Crippen molar-refractivity contribution in [1.29, 1.82) is 0 Å². The van der Waals surface area contributed by atoms with E-state index < -0.39 is 0 Å². The molecule has 1 fully saturated rings. The lowest BCUT2D eigenvalue weighted by Crippen LogP contribution is -2.13. The Balaban J connectivity index is 2.11. The van der Waals surface area contributed by atoms with Crippen molar-refractivity contribution in [3.63, 3.8) is 0 Å². The summed E-state index contributed by atoms with van der Waals surface area (Å²) in [5, 5.41) is 3.24. The molecule has 0 saturated heterocycles. The lowest BCUT2D eigenvalue weighted by Gasteiger charge is -2.11. The molecule has 1 aliphatic rings. The number of benzene rings is 1. The topological polar surface area (TPSA) is 12.0 Å². The Labute approximate surface area is 105 Å². The van der Waals surface area contributed by atoms with E-state index in [1.165, 1.54) is 29.5 Å². The Morgan fingerprint density at radius 1 is 1.29 bits per heavy atom. The van der Waals surface area contributed by atoms with Gasteiger partial charge >= 0.3 is 0 Å². The Morgan fingerprint density at radius 2 is 1.94 bits per heavy atom. The molecule has 0 atom stereocenters. The Morgan fingerprint density at radius 3 is 2.41 bits per heavy atom. The maximum absolute atomic E-state index is 3.24. The smallest absolute Gasteiger partial charge is 0.0167 e. The van der Waals surface area contributed by atoms with E-state index in [0.29, 0.717) is 5.92 Å². The number of hydrogen-bond donors (Lipinski definition) is 1. The fraction of sp³-hybridized carbons (Fsp3) is 0.500. The summed E-state index contributed by atoms with van der Waals surface area (Å²) in [5.41, 5.74) is 4.31. The van der Waals surface area contributed by atoms with Gasteiger partial charge in [0.1, 0.15) is 0 Å². The van der Waals surface area contributed by atoms with Gasteiger partial charge in [0.2, 0.25) is 0 Å². The molecule has 0 aliphatic heterocycles. The van der Waals surface area contributed by atoms with Crippen molar-refractivity contribution in [2.75, 3.05) is 13.6 Å². The minimum atomic E-state index is 0.602. The summed E-state index contributed by atoms with van der Waals surface area (Å²) < 4.78 is 0. The molecule has 0 bridgehead atoms. The van der Waals surface area contributed by atoms with E-state index in [1.54, 1.807) is 0 Å². The summed E-state index contributed by atoms with van der Waals surface area (Å²) in [7, 11) is 2.01. The number of nitrogens with one attached hydrogen (secondary N) is 1. The fourth-order valence-corrected chi connectivity index (χ4v) is 2.12. The molecule has 1 aliphatic carbocycles. The largest absolute Gasteiger partial charge is 0.316 e. The Bertz CT molecular complexity index is 382. The molecule has 1 nitrogen and oxygen atoms in total. The van der Waals surface area contributed by atoms with Crippen LogP contribution in [0.5, 0.6) is 0 Å². The van der Waals surface area contributed by atoms with E-state index >= 15 is 0 Å². The predicted octanol–water partition coefficient (Wildman–Crippen LogP) is 3.82. The third-order valence-corrected chi connectivity index (χ3v) is 3.46. The van der Waals surface area contributed by atoms with Crippen LogP contribution in [0.2, 0.25) is 0 Å². The van der Waals surface area contributed by atoms with E-state index in [-0.39, 0.29) is 0 Å². The van der Waals surface area contributed by atoms with Gasteiger partial charge in [0.15, 0.2) is 0 Å². The zero-order chi connectivity index (χ0) is 12.3. The van der Waals surface area contributed by atoms with Crippen LogP contribution in [0.15, 0.2) is 29.8 Å². The number of likely N-dealkylation sites (N-methyl/N-ethyl adjacent to an activating group) is 1. The lowest BCUT2D eigenvalue weighted by atomic mass is 9.99. The van der Waals surface area contributed by atoms with Gasteiger partial charge < -0.3 is 5.32 Å². The second kappa shape index (κ2) is 5.50. The lowest BCUT2D eigenvalue weighted by molar-refractivity contribution is 0.713. The molecule has 0 aromatic heterocycles. The van der Waals surface area contributed by atoms with Crippen LogP contribution in [0, 0.1) is 5.92 Å². The second-order valence-corrected chi connectivity index (χ2v) is 5.35. The van der Waals surface area contributed by atoms with Gasteiger partial charge in [0, 0.05) is 6.54 Å². The highest BCUT2D eigenvalue weighted by Crippen LogP contribution is 2.39. The SMILES string of the molecule is CNCC(=Cc1ccc(C2CC2)cc1)C(C)C. The molecule has 1 heteroatoms. The summed E-state index contributed by atoms with van der Waals surface area (Å²) in [6, 6.07) is 9.10. The standard InChI is InChI=1S/C16H23N/c1-12(2)16(11-17-3)10-13-4-6-14(7-5-13)15-8-9-15/h4-7,10,12,15,17H,8-9,11H2,1-3H3. The summed E-state index contributed by atoms with van der Waals surface area (Å²) in [6.07, 6.45) is 5.08. The van der Waals surface area contributed by atoms with Gasteiger partial charge in [-0.3, -0.25) is 0 Å². The van der Waals surface area contributed by atoms with Crippen LogP contribution < -0.4 is 5.32 Å². The molecular formula is C16H23N. The first-order valence-corrected chi connectivity index (χ1v) is 6.65. The molecule has 17 heavy (non-hydrogen) atoms. The van der Waals surface area contributed by atoms with Crippen molar-refractivity contribution >= 4 is 6.08 Å². The van der Waals surface area contributed by atoms with Gasteiger partial charge in [-0.15, -0.1) is 0 Å². The molecule has 0 unspecified atom stereocenters. The van der Waals surface area contributed by atoms with E-state index in [1.807, 2.05) is 7.05 Å². The molecule has 1 aromatic rings. The van der Waals surface area contributed by atoms with Crippen LogP contribution in [0.25, 0.3) is 6.08 Å². The summed E-state index contributed by atoms with van der Waals surface area (Å²) in [4.78, 5) is 0. The van der Waals surface area contributed by atoms with Gasteiger partial charge in [-0.2, -0.15) is 0 Å². The average molecular weight is 229 g/mol. The zero-order valence-corrected chi connectivity index (χ0v) is 11.2. The van der Waals surface area contributed by atoms with Crippen LogP contribution >= 0.6 is 0 Å². The number of hydrogen-bond acceptors (Lipinski definition) is 1. The maximum Gasteiger partial charge on any atom is 0.0167 e. The molecule has 1 saturated carbocycles. The van der Waals surface area contributed by atoms with E-state index in [9.17, 15) is 0 Å². The quantitative estimate of drug-likeness (QED) is 0.809. The van der Waals surface area contributed by atoms with Gasteiger partial charge in [0.05, 0.1) is 0 Å². The molecule has 0 amide bonds. The first-order valence-electron chi connectivity index (χ1n) is 6.65. The fourth-order valence-electron chi connectivity index (χ4n) is 2.12. The monoisotopic (exact) mass is 229 g/mol. The molecular weight excluding hydrogens is 206 g/mol. The highest BCUT2D eigenvalue weighted by Gasteiger charge is 2.22. The highest BCUT2D eigenvalue weighted by molar-refractivity contribution is 5.54. The average Bonchev–Trinajstić information content (AvgIpc) is 3.13. The first-order chi connectivity index (χ1) is 8.20. The molecule has 1 aromatic carbocycles. The van der Waals surface area contributed by atoms with Crippen molar-refractivity contribution in [2.24, 2.45) is 5.92 Å². The van der Waals surface area contributed by atoms with Crippen LogP contribution in [0.1, 0.15) is 43.7 Å². The zero-order valence-electron chi connectivity index (χ0n) is 11.2. The molecule has 0 radical (unpaired) electrons. The minimum absolute atomic E-state index is 0.602. The number of rotatable bonds is 5.